The molecular weight excluding hydrogens is 266 g/mol. The quantitative estimate of drug-likeness (QED) is 0.772. The fraction of sp³-hybridized carbons (Fsp3) is 0. The average Bonchev–Trinajstić information content (AvgIpc) is 2.86. The molecule has 0 bridgehead atoms. The van der Waals surface area contributed by atoms with Gasteiger partial charge in [0.15, 0.2) is 0 Å². The van der Waals surface area contributed by atoms with E-state index in [-0.39, 0.29) is 0 Å². The van der Waals surface area contributed by atoms with Crippen molar-refractivity contribution in [1.82, 2.24) is 4.98 Å². The van der Waals surface area contributed by atoms with Crippen LogP contribution in [0.2, 0.25) is 0 Å². The summed E-state index contributed by atoms with van der Waals surface area (Å²) in [6.07, 6.45) is 3.48. The summed E-state index contributed by atoms with van der Waals surface area (Å²) in [5.41, 5.74) is 9.68. The summed E-state index contributed by atoms with van der Waals surface area (Å²) >= 11 is 1.42. The van der Waals surface area contributed by atoms with Crippen LogP contribution in [-0.2, 0) is 0 Å². The third kappa shape index (κ3) is 2.04. The van der Waals surface area contributed by atoms with E-state index in [1.807, 2.05) is 42.5 Å². The van der Waals surface area contributed by atoms with E-state index in [1.54, 1.807) is 12.4 Å². The van der Waals surface area contributed by atoms with Gasteiger partial charge < -0.3 is 5.73 Å². The molecule has 2 aromatic heterocycles. The maximum absolute atomic E-state index is 9.22. The molecule has 0 aliphatic heterocycles. The topological polar surface area (TPSA) is 62.7 Å². The maximum Gasteiger partial charge on any atom is 0.129 e. The van der Waals surface area contributed by atoms with Gasteiger partial charge in [0, 0.05) is 22.8 Å². The third-order valence-corrected chi connectivity index (χ3v) is 4.21. The maximum atomic E-state index is 9.22. The van der Waals surface area contributed by atoms with Crippen LogP contribution in [0.1, 0.15) is 4.88 Å². The van der Waals surface area contributed by atoms with Gasteiger partial charge in [-0.3, -0.25) is 4.98 Å². The number of hydrogen-bond acceptors (Lipinski definition) is 4. The number of thiophene rings is 1. The lowest BCUT2D eigenvalue weighted by Crippen LogP contribution is -1.89. The fourth-order valence-corrected chi connectivity index (χ4v) is 3.17. The second kappa shape index (κ2) is 5.16. The zero-order chi connectivity index (χ0) is 13.9. The van der Waals surface area contributed by atoms with E-state index in [2.05, 4.69) is 11.1 Å². The molecule has 0 radical (unpaired) electrons. The van der Waals surface area contributed by atoms with E-state index < -0.39 is 0 Å². The summed E-state index contributed by atoms with van der Waals surface area (Å²) in [4.78, 5) is 5.59. The number of rotatable bonds is 2. The molecule has 0 fully saturated rings. The minimum absolute atomic E-state index is 0.551. The van der Waals surface area contributed by atoms with Crippen LogP contribution in [0.3, 0.4) is 0 Å². The second-order valence-electron chi connectivity index (χ2n) is 4.26. The van der Waals surface area contributed by atoms with Gasteiger partial charge in [0.25, 0.3) is 0 Å². The van der Waals surface area contributed by atoms with Gasteiger partial charge in [-0.25, -0.2) is 0 Å². The second-order valence-corrected chi connectivity index (χ2v) is 5.28. The average molecular weight is 277 g/mol. The highest BCUT2D eigenvalue weighted by Crippen LogP contribution is 2.44. The summed E-state index contributed by atoms with van der Waals surface area (Å²) in [6, 6.07) is 15.9. The minimum atomic E-state index is 0.551. The summed E-state index contributed by atoms with van der Waals surface area (Å²) in [7, 11) is 0. The van der Waals surface area contributed by atoms with Crippen LogP contribution < -0.4 is 5.73 Å². The zero-order valence-corrected chi connectivity index (χ0v) is 11.4. The number of nitrogens with zero attached hydrogens (tertiary/aromatic N) is 2. The Kier molecular flexibility index (Phi) is 3.20. The number of nitrogens with two attached hydrogens (primary N) is 1. The number of nitrogen functional groups attached to an aromatic ring is 1. The van der Waals surface area contributed by atoms with Crippen molar-refractivity contribution in [3.63, 3.8) is 0 Å². The number of anilines is 1. The van der Waals surface area contributed by atoms with Crippen molar-refractivity contribution < 1.29 is 0 Å². The molecule has 2 N–H and O–H groups in total. The molecule has 96 valence electrons. The molecule has 0 atom stereocenters. The van der Waals surface area contributed by atoms with Gasteiger partial charge in [-0.05, 0) is 23.3 Å². The first-order valence-corrected chi connectivity index (χ1v) is 6.91. The smallest absolute Gasteiger partial charge is 0.129 e. The molecule has 0 saturated heterocycles. The molecule has 3 aromatic rings. The molecule has 20 heavy (non-hydrogen) atoms. The summed E-state index contributed by atoms with van der Waals surface area (Å²) in [5, 5.41) is 9.22. The van der Waals surface area contributed by atoms with Crippen LogP contribution in [0.25, 0.3) is 21.6 Å². The van der Waals surface area contributed by atoms with Crippen LogP contribution in [0, 0.1) is 11.3 Å². The van der Waals surface area contributed by atoms with Gasteiger partial charge in [0.1, 0.15) is 10.9 Å². The van der Waals surface area contributed by atoms with Gasteiger partial charge >= 0.3 is 0 Å². The number of aromatic nitrogens is 1. The highest BCUT2D eigenvalue weighted by molar-refractivity contribution is 7.17. The number of pyridine rings is 1. The molecule has 0 spiro atoms. The van der Waals surface area contributed by atoms with E-state index >= 15 is 0 Å². The lowest BCUT2D eigenvalue weighted by molar-refractivity contribution is 1.33. The Hall–Kier alpha value is -2.64. The monoisotopic (exact) mass is 277 g/mol. The zero-order valence-electron chi connectivity index (χ0n) is 10.6. The molecule has 2 heterocycles. The number of hydrogen-bond donors (Lipinski definition) is 1. The van der Waals surface area contributed by atoms with Crippen molar-refractivity contribution in [3.8, 4) is 27.6 Å². The van der Waals surface area contributed by atoms with Crippen molar-refractivity contribution in [2.24, 2.45) is 0 Å². The molecule has 0 saturated carbocycles. The Bertz CT molecular complexity index is 771. The first-order chi connectivity index (χ1) is 9.81. The Morgan fingerprint density at radius 2 is 1.70 bits per heavy atom. The van der Waals surface area contributed by atoms with E-state index in [0.717, 1.165) is 21.6 Å². The van der Waals surface area contributed by atoms with E-state index in [1.165, 1.54) is 11.3 Å². The number of benzene rings is 1. The highest BCUT2D eigenvalue weighted by Gasteiger charge is 2.18. The Labute approximate surface area is 121 Å². The van der Waals surface area contributed by atoms with Gasteiger partial charge in [-0.15, -0.1) is 11.3 Å². The standard InChI is InChI=1S/C16H11N3S/c17-10-13-15(18)14(11-4-2-1-3-5-11)16(20-13)12-6-8-19-9-7-12/h1-9H,18H2. The lowest BCUT2D eigenvalue weighted by Gasteiger charge is -2.05. The van der Waals surface area contributed by atoms with Crippen molar-refractivity contribution in [2.75, 3.05) is 5.73 Å². The normalized spacial score (nSPS) is 10.2. The molecule has 0 unspecified atom stereocenters. The van der Waals surface area contributed by atoms with E-state index in [4.69, 9.17) is 5.73 Å². The molecule has 1 aromatic carbocycles. The van der Waals surface area contributed by atoms with E-state index in [9.17, 15) is 5.26 Å². The Balaban J connectivity index is 2.28. The summed E-state index contributed by atoms with van der Waals surface area (Å²) in [5.74, 6) is 0. The van der Waals surface area contributed by atoms with Crippen LogP contribution in [0.4, 0.5) is 5.69 Å². The van der Waals surface area contributed by atoms with Crippen LogP contribution in [-0.4, -0.2) is 4.98 Å². The molecule has 0 amide bonds. The van der Waals surface area contributed by atoms with Crippen molar-refractivity contribution in [3.05, 3.63) is 59.7 Å². The molecule has 3 nitrogen and oxygen atoms in total. The minimum Gasteiger partial charge on any atom is -0.396 e. The summed E-state index contributed by atoms with van der Waals surface area (Å²) in [6.45, 7) is 0. The van der Waals surface area contributed by atoms with Crippen molar-refractivity contribution >= 4 is 17.0 Å². The van der Waals surface area contributed by atoms with Gasteiger partial charge in [-0.1, -0.05) is 30.3 Å². The molecule has 3 rings (SSSR count). The Morgan fingerprint density at radius 3 is 2.35 bits per heavy atom. The van der Waals surface area contributed by atoms with Crippen molar-refractivity contribution in [1.29, 1.82) is 5.26 Å². The number of nitriles is 1. The third-order valence-electron chi connectivity index (χ3n) is 3.05. The predicted octanol–water partition coefficient (Wildman–Crippen LogP) is 3.93. The molecular formula is C16H11N3S. The lowest BCUT2D eigenvalue weighted by atomic mass is 10.0. The van der Waals surface area contributed by atoms with Crippen molar-refractivity contribution in [2.45, 2.75) is 0 Å². The Morgan fingerprint density at radius 1 is 1.00 bits per heavy atom. The van der Waals surface area contributed by atoms with Gasteiger partial charge in [-0.2, -0.15) is 5.26 Å². The highest BCUT2D eigenvalue weighted by atomic mass is 32.1. The van der Waals surface area contributed by atoms with Crippen LogP contribution in [0.15, 0.2) is 54.9 Å². The molecule has 0 aliphatic rings. The van der Waals surface area contributed by atoms with Crippen LogP contribution >= 0.6 is 11.3 Å². The largest absolute Gasteiger partial charge is 0.396 e. The predicted molar refractivity (Wildman–Crippen MR) is 82.1 cm³/mol. The fourth-order valence-electron chi connectivity index (χ4n) is 2.12. The SMILES string of the molecule is N#Cc1sc(-c2ccncc2)c(-c2ccccc2)c1N. The van der Waals surface area contributed by atoms with E-state index in [0.29, 0.717) is 10.6 Å². The molecule has 4 heteroatoms. The summed E-state index contributed by atoms with van der Waals surface area (Å²) < 4.78 is 0. The van der Waals surface area contributed by atoms with Gasteiger partial charge in [0.2, 0.25) is 0 Å². The first kappa shape index (κ1) is 12.4. The molecule has 0 aliphatic carbocycles. The first-order valence-electron chi connectivity index (χ1n) is 6.09. The van der Waals surface area contributed by atoms with Gasteiger partial charge in [0.05, 0.1) is 5.69 Å². The van der Waals surface area contributed by atoms with Crippen LogP contribution in [0.5, 0.6) is 0 Å².